The van der Waals surface area contributed by atoms with Crippen LogP contribution in [0.5, 0.6) is 0 Å². The number of unbranched alkanes of at least 4 members (excludes halogenated alkanes) is 2. The van der Waals surface area contributed by atoms with Gasteiger partial charge in [-0.3, -0.25) is 0 Å². The van der Waals surface area contributed by atoms with Crippen molar-refractivity contribution in [2.24, 2.45) is 0 Å². The quantitative estimate of drug-likeness (QED) is 0.631. The van der Waals surface area contributed by atoms with Gasteiger partial charge in [-0.05, 0) is 44.5 Å². The molecule has 1 atom stereocenters. The van der Waals surface area contributed by atoms with Crippen LogP contribution in [0.15, 0.2) is 24.3 Å². The highest BCUT2D eigenvalue weighted by molar-refractivity contribution is 5.27. The summed E-state index contributed by atoms with van der Waals surface area (Å²) in [4.78, 5) is 0. The van der Waals surface area contributed by atoms with Crippen LogP contribution in [0.1, 0.15) is 50.7 Å². The molecular formula is C17H30N2. The van der Waals surface area contributed by atoms with Crippen LogP contribution in [-0.4, -0.2) is 19.6 Å². The summed E-state index contributed by atoms with van der Waals surface area (Å²) < 4.78 is 0. The molecule has 1 aromatic carbocycles. The van der Waals surface area contributed by atoms with Crippen LogP contribution < -0.4 is 10.6 Å². The molecule has 19 heavy (non-hydrogen) atoms. The minimum Gasteiger partial charge on any atom is -0.319 e. The van der Waals surface area contributed by atoms with Gasteiger partial charge in [0.05, 0.1) is 0 Å². The lowest BCUT2D eigenvalue weighted by Gasteiger charge is -2.15. The van der Waals surface area contributed by atoms with E-state index in [0.29, 0.717) is 6.04 Å². The first-order chi connectivity index (χ1) is 9.27. The molecule has 0 amide bonds. The molecule has 0 fully saturated rings. The molecule has 0 saturated carbocycles. The minimum absolute atomic E-state index is 0.615. The number of likely N-dealkylation sites (N-methyl/N-ethyl adjacent to an activating group) is 1. The number of rotatable bonds is 10. The molecule has 0 aliphatic heterocycles. The van der Waals surface area contributed by atoms with Crippen molar-refractivity contribution < 1.29 is 0 Å². The maximum Gasteiger partial charge on any atom is 0.0210 e. The van der Waals surface area contributed by atoms with Gasteiger partial charge in [-0.2, -0.15) is 0 Å². The molecule has 2 N–H and O–H groups in total. The highest BCUT2D eigenvalue weighted by atomic mass is 14.9. The van der Waals surface area contributed by atoms with Gasteiger partial charge < -0.3 is 10.6 Å². The van der Waals surface area contributed by atoms with E-state index in [1.165, 1.54) is 36.8 Å². The molecule has 0 saturated heterocycles. The Morgan fingerprint density at radius 1 is 1.11 bits per heavy atom. The highest BCUT2D eigenvalue weighted by Crippen LogP contribution is 2.10. The van der Waals surface area contributed by atoms with Crippen LogP contribution >= 0.6 is 0 Å². The summed E-state index contributed by atoms with van der Waals surface area (Å²) in [7, 11) is 2.01. The zero-order valence-corrected chi connectivity index (χ0v) is 12.8. The largest absolute Gasteiger partial charge is 0.319 e. The van der Waals surface area contributed by atoms with Gasteiger partial charge in [0.15, 0.2) is 0 Å². The second-order valence-electron chi connectivity index (χ2n) is 5.40. The molecule has 1 rings (SSSR count). The Hall–Kier alpha value is -0.860. The van der Waals surface area contributed by atoms with Crippen LogP contribution in [0, 0.1) is 0 Å². The molecule has 0 spiro atoms. The fourth-order valence-electron chi connectivity index (χ4n) is 2.32. The molecule has 0 aromatic heterocycles. The summed E-state index contributed by atoms with van der Waals surface area (Å²) in [6, 6.07) is 9.39. The normalized spacial score (nSPS) is 12.6. The van der Waals surface area contributed by atoms with Gasteiger partial charge in [0.25, 0.3) is 0 Å². The van der Waals surface area contributed by atoms with E-state index in [0.717, 1.165) is 19.5 Å². The topological polar surface area (TPSA) is 24.1 Å². The van der Waals surface area contributed by atoms with E-state index in [2.05, 4.69) is 48.7 Å². The van der Waals surface area contributed by atoms with Crippen molar-refractivity contribution in [3.05, 3.63) is 35.4 Å². The predicted molar refractivity (Wildman–Crippen MR) is 84.5 cm³/mol. The average Bonchev–Trinajstić information content (AvgIpc) is 2.44. The SMILES string of the molecule is CCCCCC(C)NCc1ccccc1CCNC. The summed E-state index contributed by atoms with van der Waals surface area (Å²) in [6.07, 6.45) is 6.39. The van der Waals surface area contributed by atoms with E-state index in [1.807, 2.05) is 7.05 Å². The zero-order valence-electron chi connectivity index (χ0n) is 12.8. The Balaban J connectivity index is 2.39. The molecule has 0 heterocycles. The van der Waals surface area contributed by atoms with Crippen LogP contribution in [-0.2, 0) is 13.0 Å². The Morgan fingerprint density at radius 2 is 1.84 bits per heavy atom. The standard InChI is InChI=1S/C17H30N2/c1-4-5-6-9-15(2)19-14-17-11-8-7-10-16(17)12-13-18-3/h7-8,10-11,15,18-19H,4-6,9,12-14H2,1-3H3. The zero-order chi connectivity index (χ0) is 13.9. The lowest BCUT2D eigenvalue weighted by Crippen LogP contribution is -2.26. The van der Waals surface area contributed by atoms with Gasteiger partial charge in [0.1, 0.15) is 0 Å². The van der Waals surface area contributed by atoms with Crippen molar-refractivity contribution in [1.82, 2.24) is 10.6 Å². The molecule has 2 nitrogen and oxygen atoms in total. The molecule has 108 valence electrons. The molecule has 0 radical (unpaired) electrons. The first-order valence-corrected chi connectivity index (χ1v) is 7.72. The van der Waals surface area contributed by atoms with E-state index in [-0.39, 0.29) is 0 Å². The Bertz CT molecular complexity index is 336. The Morgan fingerprint density at radius 3 is 2.53 bits per heavy atom. The fourth-order valence-corrected chi connectivity index (χ4v) is 2.32. The van der Waals surface area contributed by atoms with Crippen LogP contribution in [0.4, 0.5) is 0 Å². The van der Waals surface area contributed by atoms with Crippen molar-refractivity contribution in [3.63, 3.8) is 0 Å². The number of hydrogen-bond acceptors (Lipinski definition) is 2. The van der Waals surface area contributed by atoms with E-state index < -0.39 is 0 Å². The maximum atomic E-state index is 3.65. The number of hydrogen-bond donors (Lipinski definition) is 2. The monoisotopic (exact) mass is 262 g/mol. The summed E-state index contributed by atoms with van der Waals surface area (Å²) in [5.74, 6) is 0. The maximum absolute atomic E-state index is 3.65. The van der Waals surface area contributed by atoms with E-state index in [4.69, 9.17) is 0 Å². The summed E-state index contributed by atoms with van der Waals surface area (Å²) >= 11 is 0. The van der Waals surface area contributed by atoms with Crippen molar-refractivity contribution in [1.29, 1.82) is 0 Å². The smallest absolute Gasteiger partial charge is 0.0210 e. The lowest BCUT2D eigenvalue weighted by atomic mass is 10.0. The van der Waals surface area contributed by atoms with Crippen LogP contribution in [0.25, 0.3) is 0 Å². The molecule has 1 unspecified atom stereocenters. The molecular weight excluding hydrogens is 232 g/mol. The molecule has 1 aromatic rings. The van der Waals surface area contributed by atoms with Gasteiger partial charge in [0, 0.05) is 12.6 Å². The Labute approximate surface area is 119 Å². The average molecular weight is 262 g/mol. The second kappa shape index (κ2) is 9.99. The van der Waals surface area contributed by atoms with Gasteiger partial charge in [-0.15, -0.1) is 0 Å². The van der Waals surface area contributed by atoms with Crippen LogP contribution in [0.3, 0.4) is 0 Å². The van der Waals surface area contributed by atoms with Crippen molar-refractivity contribution in [2.45, 2.75) is 58.5 Å². The predicted octanol–water partition coefficient (Wildman–Crippen LogP) is 3.51. The van der Waals surface area contributed by atoms with E-state index >= 15 is 0 Å². The first-order valence-electron chi connectivity index (χ1n) is 7.72. The van der Waals surface area contributed by atoms with E-state index in [1.54, 1.807) is 0 Å². The Kier molecular flexibility index (Phi) is 8.52. The van der Waals surface area contributed by atoms with Crippen molar-refractivity contribution in [2.75, 3.05) is 13.6 Å². The third-order valence-corrected chi connectivity index (χ3v) is 3.64. The third kappa shape index (κ3) is 6.74. The van der Waals surface area contributed by atoms with Gasteiger partial charge in [-0.1, -0.05) is 50.5 Å². The first kappa shape index (κ1) is 16.2. The molecule has 0 bridgehead atoms. The van der Waals surface area contributed by atoms with Gasteiger partial charge in [0.2, 0.25) is 0 Å². The molecule has 0 aliphatic carbocycles. The second-order valence-corrected chi connectivity index (χ2v) is 5.40. The van der Waals surface area contributed by atoms with Gasteiger partial charge in [-0.25, -0.2) is 0 Å². The minimum atomic E-state index is 0.615. The number of benzene rings is 1. The number of nitrogens with one attached hydrogen (secondary N) is 2. The summed E-state index contributed by atoms with van der Waals surface area (Å²) in [5.41, 5.74) is 2.91. The van der Waals surface area contributed by atoms with Crippen LogP contribution in [0.2, 0.25) is 0 Å². The van der Waals surface area contributed by atoms with E-state index in [9.17, 15) is 0 Å². The molecule has 0 aliphatic rings. The van der Waals surface area contributed by atoms with Crippen molar-refractivity contribution >= 4 is 0 Å². The highest BCUT2D eigenvalue weighted by Gasteiger charge is 2.04. The fraction of sp³-hybridized carbons (Fsp3) is 0.647. The molecule has 2 heteroatoms. The van der Waals surface area contributed by atoms with Gasteiger partial charge >= 0.3 is 0 Å². The lowest BCUT2D eigenvalue weighted by molar-refractivity contribution is 0.486. The summed E-state index contributed by atoms with van der Waals surface area (Å²) in [6.45, 7) is 6.60. The third-order valence-electron chi connectivity index (χ3n) is 3.64. The van der Waals surface area contributed by atoms with Crippen molar-refractivity contribution in [3.8, 4) is 0 Å². The summed E-state index contributed by atoms with van der Waals surface area (Å²) in [5, 5.41) is 6.88.